The molecule has 2 N–H and O–H groups in total. The van der Waals surface area contributed by atoms with E-state index in [4.69, 9.17) is 5.21 Å². The number of Topliss-reactive ketones (excluding diaryl/α,β-unsaturated/α-hetero) is 1. The van der Waals surface area contributed by atoms with Crippen LogP contribution in [0.25, 0.3) is 0 Å². The van der Waals surface area contributed by atoms with Crippen molar-refractivity contribution in [2.24, 2.45) is 0 Å². The molecule has 0 unspecified atom stereocenters. The maximum absolute atomic E-state index is 10.5. The Kier molecular flexibility index (Phi) is 4.01. The summed E-state index contributed by atoms with van der Waals surface area (Å²) in [6.07, 6.45) is 1.09. The predicted molar refractivity (Wildman–Crippen MR) is 26.7 cm³/mol. The molecule has 1 fully saturated rings. The van der Waals surface area contributed by atoms with Gasteiger partial charge in [-0.3, -0.25) is 4.79 Å². The maximum atomic E-state index is 10.5. The zero-order valence-corrected chi connectivity index (χ0v) is 6.65. The molecular formula is C5H10BrNO2. The van der Waals surface area contributed by atoms with Crippen LogP contribution in [0, 0.1) is 0 Å². The molecule has 0 aromatic rings. The minimum atomic E-state index is 0. The van der Waals surface area contributed by atoms with E-state index in [9.17, 15) is 4.79 Å². The zero-order valence-electron chi connectivity index (χ0n) is 5.06. The van der Waals surface area contributed by atoms with Crippen molar-refractivity contribution in [3.63, 3.8) is 0 Å². The summed E-state index contributed by atoms with van der Waals surface area (Å²) in [5.74, 6) is 0.280. The van der Waals surface area contributed by atoms with Crippen molar-refractivity contribution in [1.82, 2.24) is 0 Å². The van der Waals surface area contributed by atoms with Crippen LogP contribution < -0.4 is 22.0 Å². The molecule has 0 saturated carbocycles. The third-order valence-corrected chi connectivity index (χ3v) is 1.38. The Hall–Kier alpha value is 0.0700. The highest BCUT2D eigenvalue weighted by atomic mass is 79.9. The van der Waals surface area contributed by atoms with E-state index >= 15 is 0 Å². The van der Waals surface area contributed by atoms with Gasteiger partial charge in [-0.1, -0.05) is 0 Å². The number of carbonyl (C=O) groups is 1. The molecule has 54 valence electrons. The quantitative estimate of drug-likeness (QED) is 0.411. The Morgan fingerprint density at radius 1 is 1.33 bits per heavy atom. The van der Waals surface area contributed by atoms with E-state index in [1.165, 1.54) is 0 Å². The van der Waals surface area contributed by atoms with Crippen LogP contribution in [0.2, 0.25) is 0 Å². The lowest BCUT2D eigenvalue weighted by atomic mass is 10.1. The van der Waals surface area contributed by atoms with Gasteiger partial charge in [-0.15, -0.1) is 0 Å². The summed E-state index contributed by atoms with van der Waals surface area (Å²) in [5, 5.41) is 9.28. The number of ketones is 1. The lowest BCUT2D eigenvalue weighted by Gasteiger charge is -2.13. The van der Waals surface area contributed by atoms with Gasteiger partial charge in [0.15, 0.2) is 0 Å². The van der Waals surface area contributed by atoms with Crippen LogP contribution in [-0.2, 0) is 4.79 Å². The van der Waals surface area contributed by atoms with Crippen molar-refractivity contribution in [2.45, 2.75) is 12.8 Å². The number of nitrogens with one attached hydrogen (secondary N) is 1. The Labute approximate surface area is 64.4 Å². The summed E-state index contributed by atoms with van der Waals surface area (Å²) in [5.41, 5.74) is 0. The first kappa shape index (κ1) is 9.07. The molecule has 0 aliphatic carbocycles. The summed E-state index contributed by atoms with van der Waals surface area (Å²) in [6.45, 7) is 1.19. The summed E-state index contributed by atoms with van der Waals surface area (Å²) in [4.78, 5) is 10.5. The smallest absolute Gasteiger partial charge is 0.144 e. The highest BCUT2D eigenvalue weighted by Gasteiger charge is 2.16. The highest BCUT2D eigenvalue weighted by Crippen LogP contribution is 1.87. The first-order valence-electron chi connectivity index (χ1n) is 2.84. The largest absolute Gasteiger partial charge is 1.00 e. The fraction of sp³-hybridized carbons (Fsp3) is 0.800. The van der Waals surface area contributed by atoms with Gasteiger partial charge in [-0.05, 0) is 0 Å². The monoisotopic (exact) mass is 195 g/mol. The van der Waals surface area contributed by atoms with Crippen molar-refractivity contribution >= 4 is 5.78 Å². The molecule has 9 heavy (non-hydrogen) atoms. The lowest BCUT2D eigenvalue weighted by Crippen LogP contribution is -3.10. The third-order valence-electron chi connectivity index (χ3n) is 1.38. The minimum Gasteiger partial charge on any atom is -1.00 e. The number of hydrogen-bond donors (Lipinski definition) is 2. The molecule has 1 heterocycles. The molecule has 1 aliphatic heterocycles. The van der Waals surface area contributed by atoms with Crippen molar-refractivity contribution in [2.75, 3.05) is 13.1 Å². The van der Waals surface area contributed by atoms with Gasteiger partial charge in [-0.2, -0.15) is 5.06 Å². The van der Waals surface area contributed by atoms with E-state index < -0.39 is 0 Å². The van der Waals surface area contributed by atoms with Gasteiger partial charge in [0.2, 0.25) is 0 Å². The topological polar surface area (TPSA) is 41.7 Å². The Balaban J connectivity index is 0.000000640. The second-order valence-corrected chi connectivity index (χ2v) is 2.10. The highest BCUT2D eigenvalue weighted by molar-refractivity contribution is 5.78. The number of piperidine rings is 1. The number of rotatable bonds is 0. The van der Waals surface area contributed by atoms with Gasteiger partial charge in [0.1, 0.15) is 18.9 Å². The molecule has 4 heteroatoms. The van der Waals surface area contributed by atoms with Gasteiger partial charge in [0.25, 0.3) is 0 Å². The van der Waals surface area contributed by atoms with Crippen LogP contribution in [0.4, 0.5) is 0 Å². The van der Waals surface area contributed by atoms with Crippen molar-refractivity contribution in [3.05, 3.63) is 0 Å². The van der Waals surface area contributed by atoms with Crippen LogP contribution in [0.15, 0.2) is 0 Å². The molecule has 0 aromatic heterocycles. The van der Waals surface area contributed by atoms with Gasteiger partial charge in [0, 0.05) is 0 Å². The van der Waals surface area contributed by atoms with Crippen LogP contribution in [0.3, 0.4) is 0 Å². The molecule has 0 bridgehead atoms. The maximum Gasteiger partial charge on any atom is 0.144 e. The Morgan fingerprint density at radius 2 is 1.78 bits per heavy atom. The third kappa shape index (κ3) is 2.93. The second kappa shape index (κ2) is 3.98. The van der Waals surface area contributed by atoms with Crippen molar-refractivity contribution in [1.29, 1.82) is 0 Å². The van der Waals surface area contributed by atoms with Crippen LogP contribution >= 0.6 is 0 Å². The van der Waals surface area contributed by atoms with E-state index in [1.807, 2.05) is 0 Å². The summed E-state index contributed by atoms with van der Waals surface area (Å²) < 4.78 is 0. The summed E-state index contributed by atoms with van der Waals surface area (Å²) in [6, 6.07) is 0. The molecule has 0 aromatic carbocycles. The van der Waals surface area contributed by atoms with E-state index in [2.05, 4.69) is 0 Å². The lowest BCUT2D eigenvalue weighted by molar-refractivity contribution is -1.09. The number of halogens is 1. The van der Waals surface area contributed by atoms with E-state index in [0.717, 1.165) is 0 Å². The van der Waals surface area contributed by atoms with Crippen molar-refractivity contribution < 1.29 is 32.0 Å². The molecule has 0 radical (unpaired) electrons. The van der Waals surface area contributed by atoms with Crippen molar-refractivity contribution in [3.8, 4) is 0 Å². The summed E-state index contributed by atoms with van der Waals surface area (Å²) in [7, 11) is 0. The first-order chi connectivity index (χ1) is 3.79. The molecule has 3 nitrogen and oxygen atoms in total. The zero-order chi connectivity index (χ0) is 5.98. The molecule has 1 rings (SSSR count). The SMILES string of the molecule is O=C1CC[NH+](O)CC1.[Br-]. The van der Waals surface area contributed by atoms with E-state index in [-0.39, 0.29) is 22.8 Å². The average Bonchev–Trinajstić information content (AvgIpc) is 1.77. The Morgan fingerprint density at radius 3 is 2.11 bits per heavy atom. The van der Waals surface area contributed by atoms with Gasteiger partial charge < -0.3 is 17.0 Å². The fourth-order valence-corrected chi connectivity index (χ4v) is 0.817. The molecule has 0 spiro atoms. The van der Waals surface area contributed by atoms with Crippen LogP contribution in [0.5, 0.6) is 0 Å². The number of quaternary nitrogens is 1. The first-order valence-corrected chi connectivity index (χ1v) is 2.84. The minimum absolute atomic E-state index is 0. The van der Waals surface area contributed by atoms with E-state index in [1.54, 1.807) is 0 Å². The van der Waals surface area contributed by atoms with Crippen LogP contribution in [0.1, 0.15) is 12.8 Å². The normalized spacial score (nSPS) is 21.2. The fourth-order valence-electron chi connectivity index (χ4n) is 0.817. The molecule has 1 aliphatic rings. The van der Waals surface area contributed by atoms with Gasteiger partial charge in [-0.25, -0.2) is 5.21 Å². The standard InChI is InChI=1S/C5H9NO2.BrH/c7-5-1-3-6(8)4-2-5;/h8H,1-4H2;1H. The predicted octanol–water partition coefficient (Wildman–Crippen LogP) is -4.37. The second-order valence-electron chi connectivity index (χ2n) is 2.10. The molecular weight excluding hydrogens is 186 g/mol. The Bertz CT molecular complexity index is 97.1. The van der Waals surface area contributed by atoms with Crippen LogP contribution in [-0.4, -0.2) is 24.1 Å². The summed E-state index contributed by atoms with van der Waals surface area (Å²) >= 11 is 0. The van der Waals surface area contributed by atoms with Gasteiger partial charge >= 0.3 is 0 Å². The molecule has 1 saturated heterocycles. The molecule has 0 amide bonds. The number of hydroxylamine groups is 2. The number of hydrogen-bond acceptors (Lipinski definition) is 2. The van der Waals surface area contributed by atoms with Gasteiger partial charge in [0.05, 0.1) is 12.8 Å². The molecule has 0 atom stereocenters. The van der Waals surface area contributed by atoms with E-state index in [0.29, 0.717) is 31.0 Å². The number of carbonyl (C=O) groups excluding carboxylic acids is 1. The average molecular weight is 196 g/mol.